The van der Waals surface area contributed by atoms with E-state index in [-0.39, 0.29) is 24.3 Å². The third kappa shape index (κ3) is 4.28. The van der Waals surface area contributed by atoms with E-state index in [1.54, 1.807) is 13.0 Å². The molecular formula is C19H17F5N6O. The zero-order valence-corrected chi connectivity index (χ0v) is 16.2. The number of halogens is 5. The average Bonchev–Trinajstić information content (AvgIpc) is 3.36. The number of hydrogen-bond donors (Lipinski definition) is 1. The number of benzene rings is 1. The number of hydrogen-bond acceptors (Lipinski definition) is 4. The number of likely N-dealkylation sites (tertiary alicyclic amines) is 1. The zero-order valence-electron chi connectivity index (χ0n) is 16.2. The second-order valence-corrected chi connectivity index (χ2v) is 7.28. The molecule has 1 saturated heterocycles. The van der Waals surface area contributed by atoms with Crippen LogP contribution in [0.1, 0.15) is 34.7 Å². The van der Waals surface area contributed by atoms with Crippen molar-refractivity contribution in [3.8, 4) is 17.1 Å². The Labute approximate surface area is 172 Å². The van der Waals surface area contributed by atoms with Gasteiger partial charge in [0.2, 0.25) is 0 Å². The van der Waals surface area contributed by atoms with E-state index < -0.39 is 36.5 Å². The van der Waals surface area contributed by atoms with Gasteiger partial charge < -0.3 is 9.88 Å². The number of aryl methyl sites for hydroxylation is 1. The van der Waals surface area contributed by atoms with E-state index in [0.717, 1.165) is 16.9 Å². The molecule has 0 radical (unpaired) electrons. The van der Waals surface area contributed by atoms with Gasteiger partial charge in [-0.3, -0.25) is 4.79 Å². The highest BCUT2D eigenvalue weighted by molar-refractivity contribution is 5.98. The zero-order chi connectivity index (χ0) is 22.4. The highest BCUT2D eigenvalue weighted by Gasteiger charge is 2.37. The lowest BCUT2D eigenvalue weighted by atomic mass is 10.0. The van der Waals surface area contributed by atoms with Crippen molar-refractivity contribution < 1.29 is 26.7 Å². The minimum Gasteiger partial charge on any atom is -0.338 e. The number of carbonyl (C=O) groups is 1. The lowest BCUT2D eigenvalue weighted by molar-refractivity contribution is -0.141. The molecule has 2 aromatic heterocycles. The number of H-pyrrole nitrogens is 1. The maximum absolute atomic E-state index is 13.5. The molecule has 164 valence electrons. The Hall–Kier alpha value is -3.31. The van der Waals surface area contributed by atoms with Crippen LogP contribution in [-0.2, 0) is 6.18 Å². The number of rotatable bonds is 3. The van der Waals surface area contributed by atoms with Gasteiger partial charge in [-0.1, -0.05) is 6.07 Å². The van der Waals surface area contributed by atoms with Gasteiger partial charge >= 0.3 is 6.18 Å². The summed E-state index contributed by atoms with van der Waals surface area (Å²) in [6.45, 7) is 1.38. The van der Waals surface area contributed by atoms with Crippen molar-refractivity contribution in [2.24, 2.45) is 0 Å². The van der Waals surface area contributed by atoms with E-state index in [9.17, 15) is 26.7 Å². The van der Waals surface area contributed by atoms with Crippen LogP contribution in [0.3, 0.4) is 0 Å². The molecule has 0 bridgehead atoms. The van der Waals surface area contributed by atoms with Crippen LogP contribution in [0.4, 0.5) is 22.0 Å². The van der Waals surface area contributed by atoms with Crippen molar-refractivity contribution in [1.82, 2.24) is 29.9 Å². The summed E-state index contributed by atoms with van der Waals surface area (Å²) in [4.78, 5) is 17.2. The number of aromatic amines is 1. The van der Waals surface area contributed by atoms with Crippen LogP contribution in [0.25, 0.3) is 17.1 Å². The lowest BCUT2D eigenvalue weighted by Crippen LogP contribution is -2.43. The summed E-state index contributed by atoms with van der Waals surface area (Å²) in [5.74, 6) is -2.50. The highest BCUT2D eigenvalue weighted by Crippen LogP contribution is 2.31. The van der Waals surface area contributed by atoms with Crippen LogP contribution in [-0.4, -0.2) is 54.8 Å². The van der Waals surface area contributed by atoms with Gasteiger partial charge in [-0.05, 0) is 25.1 Å². The Kier molecular flexibility index (Phi) is 5.02. The van der Waals surface area contributed by atoms with E-state index in [2.05, 4.69) is 20.3 Å². The summed E-state index contributed by atoms with van der Waals surface area (Å²) in [7, 11) is 0. The second kappa shape index (κ2) is 7.43. The largest absolute Gasteiger partial charge is 0.435 e. The predicted molar refractivity (Wildman–Crippen MR) is 98.8 cm³/mol. The Morgan fingerprint density at radius 1 is 1.13 bits per heavy atom. The third-order valence-corrected chi connectivity index (χ3v) is 5.01. The minimum absolute atomic E-state index is 0.0435. The van der Waals surface area contributed by atoms with Crippen molar-refractivity contribution in [2.75, 3.05) is 13.1 Å². The van der Waals surface area contributed by atoms with Crippen LogP contribution in [0.2, 0.25) is 0 Å². The molecule has 3 aromatic rings. The summed E-state index contributed by atoms with van der Waals surface area (Å²) in [5, 5.41) is 11.4. The van der Waals surface area contributed by atoms with Crippen LogP contribution < -0.4 is 0 Å². The smallest absolute Gasteiger partial charge is 0.338 e. The number of amides is 1. The normalized spacial score (nSPS) is 16.5. The minimum atomic E-state index is -4.66. The molecular weight excluding hydrogens is 423 g/mol. The van der Waals surface area contributed by atoms with Crippen molar-refractivity contribution in [3.05, 3.63) is 47.5 Å². The van der Waals surface area contributed by atoms with Crippen molar-refractivity contribution in [3.63, 3.8) is 0 Å². The molecule has 0 atom stereocenters. The fourth-order valence-electron chi connectivity index (χ4n) is 3.34. The molecule has 1 amide bonds. The summed E-state index contributed by atoms with van der Waals surface area (Å²) < 4.78 is 67.0. The predicted octanol–water partition coefficient (Wildman–Crippen LogP) is 3.86. The number of aromatic nitrogens is 5. The first-order valence-electron chi connectivity index (χ1n) is 9.37. The molecule has 0 saturated carbocycles. The SMILES string of the molecule is Cc1nnc(-c2ccc(C(=O)N3CCC(F)(F)CC3)c(-n3ccc(C(F)(F)F)n3)c2)[nH]1. The Balaban J connectivity index is 1.75. The monoisotopic (exact) mass is 440 g/mol. The highest BCUT2D eigenvalue weighted by atomic mass is 19.4. The van der Waals surface area contributed by atoms with Gasteiger partial charge in [0.25, 0.3) is 11.8 Å². The van der Waals surface area contributed by atoms with Gasteiger partial charge in [-0.2, -0.15) is 18.3 Å². The maximum atomic E-state index is 13.5. The molecule has 1 aliphatic heterocycles. The third-order valence-electron chi connectivity index (χ3n) is 5.01. The molecule has 1 N–H and O–H groups in total. The van der Waals surface area contributed by atoms with Crippen molar-refractivity contribution in [1.29, 1.82) is 0 Å². The lowest BCUT2D eigenvalue weighted by Gasteiger charge is -2.32. The van der Waals surface area contributed by atoms with E-state index in [1.165, 1.54) is 17.0 Å². The number of piperidine rings is 1. The molecule has 0 unspecified atom stereocenters. The standard InChI is InChI=1S/C19H17F5N6O/c1-11-25-16(27-26-11)12-2-3-13(17(31)29-8-5-18(20,21)6-9-29)14(10-12)30-7-4-15(28-30)19(22,23)24/h2-4,7,10H,5-6,8-9H2,1H3,(H,25,26,27). The van der Waals surface area contributed by atoms with Gasteiger partial charge in [-0.15, -0.1) is 10.2 Å². The van der Waals surface area contributed by atoms with Crippen LogP contribution in [0.5, 0.6) is 0 Å². The molecule has 1 aromatic carbocycles. The number of alkyl halides is 5. The van der Waals surface area contributed by atoms with Crippen LogP contribution in [0, 0.1) is 6.92 Å². The first kappa shape index (κ1) is 20.9. The van der Waals surface area contributed by atoms with E-state index in [1.807, 2.05) is 0 Å². The Morgan fingerprint density at radius 3 is 2.42 bits per heavy atom. The molecule has 1 aliphatic rings. The summed E-state index contributed by atoms with van der Waals surface area (Å²) in [6.07, 6.45) is -4.50. The van der Waals surface area contributed by atoms with E-state index in [4.69, 9.17) is 0 Å². The first-order valence-corrected chi connectivity index (χ1v) is 9.37. The topological polar surface area (TPSA) is 79.7 Å². The molecule has 3 heterocycles. The summed E-state index contributed by atoms with van der Waals surface area (Å²) >= 11 is 0. The maximum Gasteiger partial charge on any atom is 0.435 e. The number of nitrogens with zero attached hydrogens (tertiary/aromatic N) is 5. The molecule has 7 nitrogen and oxygen atoms in total. The molecule has 31 heavy (non-hydrogen) atoms. The van der Waals surface area contributed by atoms with Crippen molar-refractivity contribution in [2.45, 2.75) is 31.9 Å². The second-order valence-electron chi connectivity index (χ2n) is 7.28. The van der Waals surface area contributed by atoms with E-state index >= 15 is 0 Å². The quantitative estimate of drug-likeness (QED) is 0.628. The van der Waals surface area contributed by atoms with Gasteiger partial charge in [-0.25, -0.2) is 13.5 Å². The molecule has 1 fully saturated rings. The van der Waals surface area contributed by atoms with Gasteiger partial charge in [0.1, 0.15) is 5.82 Å². The summed E-state index contributed by atoms with van der Waals surface area (Å²) in [6, 6.07) is 5.23. The van der Waals surface area contributed by atoms with Crippen LogP contribution in [0.15, 0.2) is 30.5 Å². The fraction of sp³-hybridized carbons (Fsp3) is 0.368. The Bertz CT molecular complexity index is 1110. The van der Waals surface area contributed by atoms with Crippen LogP contribution >= 0.6 is 0 Å². The van der Waals surface area contributed by atoms with E-state index in [0.29, 0.717) is 17.2 Å². The van der Waals surface area contributed by atoms with Gasteiger partial charge in [0, 0.05) is 37.7 Å². The van der Waals surface area contributed by atoms with Gasteiger partial charge in [0.05, 0.1) is 11.3 Å². The molecule has 12 heteroatoms. The van der Waals surface area contributed by atoms with Gasteiger partial charge in [0.15, 0.2) is 11.5 Å². The molecule has 0 spiro atoms. The Morgan fingerprint density at radius 2 is 1.84 bits per heavy atom. The molecule has 0 aliphatic carbocycles. The summed E-state index contributed by atoms with van der Waals surface area (Å²) in [5.41, 5.74) is -0.530. The van der Waals surface area contributed by atoms with Crippen molar-refractivity contribution >= 4 is 5.91 Å². The average molecular weight is 440 g/mol. The number of carbonyl (C=O) groups excluding carboxylic acids is 1. The first-order chi connectivity index (χ1) is 14.5. The molecule has 4 rings (SSSR count). The number of nitrogens with one attached hydrogen (secondary N) is 1. The fourth-order valence-corrected chi connectivity index (χ4v) is 3.34.